The fraction of sp³-hybridized carbons (Fsp3) is 0.300. The number of thiazole rings is 1. The van der Waals surface area contributed by atoms with E-state index >= 15 is 0 Å². The Bertz CT molecular complexity index is 910. The van der Waals surface area contributed by atoms with Gasteiger partial charge in [0.15, 0.2) is 5.13 Å². The minimum absolute atomic E-state index is 0.0143. The number of hydrogen-bond donors (Lipinski definition) is 1. The van der Waals surface area contributed by atoms with Crippen molar-refractivity contribution in [2.75, 3.05) is 23.3 Å². The number of anilines is 2. The second-order valence-electron chi connectivity index (χ2n) is 6.73. The monoisotopic (exact) mass is 379 g/mol. The number of carbonyl (C=O) groups excluding carboxylic acids is 1. The molecule has 1 aromatic carbocycles. The van der Waals surface area contributed by atoms with Crippen molar-refractivity contribution in [2.24, 2.45) is 5.92 Å². The first-order chi connectivity index (χ1) is 13.2. The highest BCUT2D eigenvalue weighted by molar-refractivity contribution is 7.14. The fourth-order valence-corrected chi connectivity index (χ4v) is 3.95. The molecule has 1 aliphatic rings. The van der Waals surface area contributed by atoms with Crippen LogP contribution in [0.5, 0.6) is 0 Å². The van der Waals surface area contributed by atoms with Crippen LogP contribution in [0.1, 0.15) is 18.4 Å². The van der Waals surface area contributed by atoms with Crippen molar-refractivity contribution in [1.82, 2.24) is 15.0 Å². The van der Waals surface area contributed by atoms with E-state index in [1.165, 1.54) is 16.9 Å². The number of benzene rings is 1. The van der Waals surface area contributed by atoms with Crippen LogP contribution >= 0.6 is 11.3 Å². The number of amides is 1. The summed E-state index contributed by atoms with van der Waals surface area (Å²) in [5, 5.41) is 5.61. The van der Waals surface area contributed by atoms with E-state index in [-0.39, 0.29) is 11.8 Å². The molecule has 0 radical (unpaired) electrons. The lowest BCUT2D eigenvalue weighted by atomic mass is 9.97. The Kier molecular flexibility index (Phi) is 5.11. The van der Waals surface area contributed by atoms with E-state index in [0.717, 1.165) is 30.6 Å². The molecule has 0 unspecified atom stereocenters. The Morgan fingerprint density at radius 3 is 2.78 bits per heavy atom. The topological polar surface area (TPSA) is 71.0 Å². The van der Waals surface area contributed by atoms with Gasteiger partial charge < -0.3 is 10.2 Å². The van der Waals surface area contributed by atoms with Gasteiger partial charge in [-0.15, -0.1) is 11.3 Å². The van der Waals surface area contributed by atoms with Crippen LogP contribution in [0.3, 0.4) is 0 Å². The summed E-state index contributed by atoms with van der Waals surface area (Å²) >= 11 is 1.46. The molecule has 4 rings (SSSR count). The predicted octanol–water partition coefficient (Wildman–Crippen LogP) is 3.76. The second-order valence-corrected chi connectivity index (χ2v) is 7.59. The molecule has 1 saturated heterocycles. The van der Waals surface area contributed by atoms with E-state index in [2.05, 4.69) is 56.4 Å². The van der Waals surface area contributed by atoms with Gasteiger partial charge in [-0.3, -0.25) is 4.79 Å². The van der Waals surface area contributed by atoms with Crippen molar-refractivity contribution in [3.63, 3.8) is 0 Å². The predicted molar refractivity (Wildman–Crippen MR) is 108 cm³/mol. The second kappa shape index (κ2) is 7.84. The van der Waals surface area contributed by atoms with E-state index in [9.17, 15) is 4.79 Å². The Morgan fingerprint density at radius 2 is 2.00 bits per heavy atom. The van der Waals surface area contributed by atoms with E-state index in [1.807, 2.05) is 5.38 Å². The molecular formula is C20H21N5OS. The highest BCUT2D eigenvalue weighted by Gasteiger charge is 2.27. The van der Waals surface area contributed by atoms with E-state index in [1.54, 1.807) is 18.5 Å². The summed E-state index contributed by atoms with van der Waals surface area (Å²) in [5.74, 6) is 0.612. The molecule has 0 bridgehead atoms. The Balaban J connectivity index is 1.41. The summed E-state index contributed by atoms with van der Waals surface area (Å²) in [6.45, 7) is 3.57. The molecule has 1 atom stereocenters. The number of rotatable bonds is 4. The average molecular weight is 379 g/mol. The van der Waals surface area contributed by atoms with Gasteiger partial charge in [-0.1, -0.05) is 29.8 Å². The molecule has 1 fully saturated rings. The van der Waals surface area contributed by atoms with Gasteiger partial charge in [0.1, 0.15) is 0 Å². The van der Waals surface area contributed by atoms with Crippen molar-refractivity contribution in [3.05, 3.63) is 53.7 Å². The summed E-state index contributed by atoms with van der Waals surface area (Å²) in [5.41, 5.74) is 3.16. The maximum atomic E-state index is 12.7. The van der Waals surface area contributed by atoms with E-state index in [4.69, 9.17) is 0 Å². The van der Waals surface area contributed by atoms with Gasteiger partial charge >= 0.3 is 0 Å². The largest absolute Gasteiger partial charge is 0.340 e. The van der Waals surface area contributed by atoms with Gasteiger partial charge in [0, 0.05) is 36.4 Å². The summed E-state index contributed by atoms with van der Waals surface area (Å²) in [6.07, 6.45) is 5.27. The minimum atomic E-state index is -0.0886. The molecule has 1 N–H and O–H groups in total. The Morgan fingerprint density at radius 1 is 1.22 bits per heavy atom. The first-order valence-electron chi connectivity index (χ1n) is 9.04. The van der Waals surface area contributed by atoms with Crippen LogP contribution in [-0.2, 0) is 4.79 Å². The summed E-state index contributed by atoms with van der Waals surface area (Å²) < 4.78 is 0. The molecule has 1 amide bonds. The number of nitrogens with one attached hydrogen (secondary N) is 1. The molecular weight excluding hydrogens is 358 g/mol. The minimum Gasteiger partial charge on any atom is -0.340 e. The highest BCUT2D eigenvalue weighted by Crippen LogP contribution is 2.27. The van der Waals surface area contributed by atoms with Crippen molar-refractivity contribution in [1.29, 1.82) is 0 Å². The number of nitrogens with zero attached hydrogens (tertiary/aromatic N) is 4. The smallest absolute Gasteiger partial charge is 0.231 e. The fourth-order valence-electron chi connectivity index (χ4n) is 3.22. The number of aryl methyl sites for hydroxylation is 1. The third-order valence-electron chi connectivity index (χ3n) is 4.71. The zero-order chi connectivity index (χ0) is 18.6. The van der Waals surface area contributed by atoms with Crippen LogP contribution in [0.25, 0.3) is 11.3 Å². The molecule has 3 aromatic rings. The lowest BCUT2D eigenvalue weighted by molar-refractivity contribution is -0.120. The summed E-state index contributed by atoms with van der Waals surface area (Å²) in [4.78, 5) is 28.0. The summed E-state index contributed by atoms with van der Waals surface area (Å²) in [7, 11) is 0. The molecule has 1 aliphatic heterocycles. The van der Waals surface area contributed by atoms with Crippen LogP contribution in [0.2, 0.25) is 0 Å². The molecule has 0 spiro atoms. The molecule has 7 heteroatoms. The lowest BCUT2D eigenvalue weighted by Crippen LogP contribution is -2.41. The van der Waals surface area contributed by atoms with Crippen molar-refractivity contribution < 1.29 is 4.79 Å². The summed E-state index contributed by atoms with van der Waals surface area (Å²) in [6, 6.07) is 10.0. The number of carbonyl (C=O) groups is 1. The average Bonchev–Trinajstić information content (AvgIpc) is 3.18. The van der Waals surface area contributed by atoms with Crippen molar-refractivity contribution in [2.45, 2.75) is 19.8 Å². The Hall–Kier alpha value is -2.80. The van der Waals surface area contributed by atoms with Crippen LogP contribution < -0.4 is 10.2 Å². The van der Waals surface area contributed by atoms with Crippen molar-refractivity contribution >= 4 is 28.3 Å². The lowest BCUT2D eigenvalue weighted by Gasteiger charge is -2.31. The van der Waals surface area contributed by atoms with Gasteiger partial charge in [0.2, 0.25) is 11.9 Å². The Labute approximate surface area is 162 Å². The number of piperidine rings is 1. The van der Waals surface area contributed by atoms with E-state index in [0.29, 0.717) is 17.6 Å². The standard InChI is InChI=1S/C20H21N5OS/c1-14-5-7-15(8-6-14)17-13-27-20(23-17)24-18(26)16-4-2-11-25(12-16)19-21-9-3-10-22-19/h3,5-10,13,16H,2,4,11-12H2,1H3,(H,23,24,26)/t16-/m0/s1. The number of aromatic nitrogens is 3. The van der Waals surface area contributed by atoms with Crippen LogP contribution in [0.15, 0.2) is 48.1 Å². The quantitative estimate of drug-likeness (QED) is 0.747. The van der Waals surface area contributed by atoms with Gasteiger partial charge in [-0.2, -0.15) is 0 Å². The zero-order valence-electron chi connectivity index (χ0n) is 15.1. The first-order valence-corrected chi connectivity index (χ1v) is 9.92. The van der Waals surface area contributed by atoms with Crippen LogP contribution in [0.4, 0.5) is 11.1 Å². The third-order valence-corrected chi connectivity index (χ3v) is 5.47. The maximum absolute atomic E-state index is 12.7. The van der Waals surface area contributed by atoms with Gasteiger partial charge in [0.05, 0.1) is 11.6 Å². The normalized spacial score (nSPS) is 16.9. The zero-order valence-corrected chi connectivity index (χ0v) is 15.9. The van der Waals surface area contributed by atoms with Crippen LogP contribution in [-0.4, -0.2) is 33.9 Å². The van der Waals surface area contributed by atoms with Gasteiger partial charge in [-0.05, 0) is 25.8 Å². The van der Waals surface area contributed by atoms with E-state index < -0.39 is 0 Å². The van der Waals surface area contributed by atoms with Crippen molar-refractivity contribution in [3.8, 4) is 11.3 Å². The molecule has 6 nitrogen and oxygen atoms in total. The molecule has 3 heterocycles. The molecule has 2 aromatic heterocycles. The van der Waals surface area contributed by atoms with Gasteiger partial charge in [-0.25, -0.2) is 15.0 Å². The molecule has 138 valence electrons. The molecule has 0 saturated carbocycles. The third kappa shape index (κ3) is 4.14. The first kappa shape index (κ1) is 17.6. The maximum Gasteiger partial charge on any atom is 0.231 e. The molecule has 27 heavy (non-hydrogen) atoms. The SMILES string of the molecule is Cc1ccc(-c2csc(NC(=O)[C@H]3CCCN(c4ncccn4)C3)n2)cc1. The highest BCUT2D eigenvalue weighted by atomic mass is 32.1. The number of hydrogen-bond acceptors (Lipinski definition) is 6. The molecule has 0 aliphatic carbocycles. The van der Waals surface area contributed by atoms with Gasteiger partial charge in [0.25, 0.3) is 0 Å². The van der Waals surface area contributed by atoms with Crippen LogP contribution in [0, 0.1) is 12.8 Å².